The van der Waals surface area contributed by atoms with Crippen molar-refractivity contribution >= 4 is 17.5 Å². The third kappa shape index (κ3) is 3.70. The summed E-state index contributed by atoms with van der Waals surface area (Å²) in [5, 5.41) is 8.75. The van der Waals surface area contributed by atoms with Crippen LogP contribution in [0.2, 0.25) is 0 Å². The van der Waals surface area contributed by atoms with Gasteiger partial charge in [-0.1, -0.05) is 29.5 Å². The SMILES string of the molecule is Cc1ccc(C)c(C(=O)[C@H](C)Sc2nnc(-c3ccc(F)cc3)n2C)c1. The van der Waals surface area contributed by atoms with Crippen LogP contribution in [0.3, 0.4) is 0 Å². The molecule has 4 nitrogen and oxygen atoms in total. The molecule has 0 bridgehead atoms. The first-order valence-corrected chi connectivity index (χ1v) is 9.18. The Kier molecular flexibility index (Phi) is 5.23. The smallest absolute Gasteiger partial charge is 0.191 e. The third-order valence-electron chi connectivity index (χ3n) is 4.25. The first-order valence-electron chi connectivity index (χ1n) is 8.30. The Balaban J connectivity index is 1.82. The second-order valence-electron chi connectivity index (χ2n) is 6.31. The summed E-state index contributed by atoms with van der Waals surface area (Å²) in [6, 6.07) is 12.0. The Morgan fingerprint density at radius 3 is 2.50 bits per heavy atom. The minimum absolute atomic E-state index is 0.0718. The number of carbonyl (C=O) groups is 1. The van der Waals surface area contributed by atoms with Gasteiger partial charge in [-0.25, -0.2) is 4.39 Å². The molecule has 0 amide bonds. The van der Waals surface area contributed by atoms with E-state index in [4.69, 9.17) is 0 Å². The number of ketones is 1. The third-order valence-corrected chi connectivity index (χ3v) is 5.38. The monoisotopic (exact) mass is 369 g/mol. The van der Waals surface area contributed by atoms with E-state index in [0.29, 0.717) is 11.0 Å². The van der Waals surface area contributed by atoms with Gasteiger partial charge in [0.05, 0.1) is 5.25 Å². The normalized spacial score (nSPS) is 12.2. The van der Waals surface area contributed by atoms with Crippen molar-refractivity contribution in [2.45, 2.75) is 31.2 Å². The zero-order valence-corrected chi connectivity index (χ0v) is 16.0. The first-order chi connectivity index (χ1) is 12.4. The minimum Gasteiger partial charge on any atom is -0.305 e. The molecule has 2 aromatic carbocycles. The molecule has 0 saturated heterocycles. The lowest BCUT2D eigenvalue weighted by molar-refractivity contribution is 0.0993. The molecule has 0 aliphatic rings. The van der Waals surface area contributed by atoms with Gasteiger partial charge in [0.15, 0.2) is 16.8 Å². The number of rotatable bonds is 5. The molecule has 3 rings (SSSR count). The van der Waals surface area contributed by atoms with Crippen LogP contribution in [0.25, 0.3) is 11.4 Å². The predicted octanol–water partition coefficient (Wildman–Crippen LogP) is 4.60. The van der Waals surface area contributed by atoms with E-state index in [0.717, 1.165) is 22.3 Å². The van der Waals surface area contributed by atoms with Crippen molar-refractivity contribution in [2.75, 3.05) is 0 Å². The maximum absolute atomic E-state index is 13.1. The second kappa shape index (κ2) is 7.41. The van der Waals surface area contributed by atoms with Crippen LogP contribution in [0.5, 0.6) is 0 Å². The fraction of sp³-hybridized carbons (Fsp3) is 0.250. The zero-order chi connectivity index (χ0) is 18.8. The van der Waals surface area contributed by atoms with Crippen LogP contribution >= 0.6 is 11.8 Å². The number of halogens is 1. The summed E-state index contributed by atoms with van der Waals surface area (Å²) >= 11 is 1.37. The Labute approximate surface area is 156 Å². The standard InChI is InChI=1S/C20H20FN3OS/c1-12-5-6-13(2)17(11-12)18(25)14(3)26-20-23-22-19(24(20)4)15-7-9-16(21)10-8-15/h5-11,14H,1-4H3/t14-/m0/s1. The molecule has 0 saturated carbocycles. The number of hydrogen-bond acceptors (Lipinski definition) is 4. The van der Waals surface area contributed by atoms with Crippen molar-refractivity contribution in [1.82, 2.24) is 14.8 Å². The number of nitrogens with zero attached hydrogens (tertiary/aromatic N) is 3. The predicted molar refractivity (Wildman–Crippen MR) is 102 cm³/mol. The van der Waals surface area contributed by atoms with Gasteiger partial charge in [0.1, 0.15) is 5.82 Å². The molecule has 1 heterocycles. The average molecular weight is 369 g/mol. The number of benzene rings is 2. The molecule has 0 aliphatic carbocycles. The van der Waals surface area contributed by atoms with Gasteiger partial charge in [0.25, 0.3) is 0 Å². The molecule has 0 aliphatic heterocycles. The molecule has 0 spiro atoms. The topological polar surface area (TPSA) is 47.8 Å². The number of hydrogen-bond donors (Lipinski definition) is 0. The highest BCUT2D eigenvalue weighted by Gasteiger charge is 2.22. The fourth-order valence-corrected chi connectivity index (χ4v) is 3.58. The molecule has 26 heavy (non-hydrogen) atoms. The van der Waals surface area contributed by atoms with Gasteiger partial charge in [-0.15, -0.1) is 10.2 Å². The lowest BCUT2D eigenvalue weighted by atomic mass is 10.0. The average Bonchev–Trinajstić information content (AvgIpc) is 2.98. The van der Waals surface area contributed by atoms with Gasteiger partial charge >= 0.3 is 0 Å². The number of aryl methyl sites for hydroxylation is 2. The number of Topliss-reactive ketones (excluding diaryl/α,β-unsaturated/α-hetero) is 1. The molecule has 0 N–H and O–H groups in total. The molecular weight excluding hydrogens is 349 g/mol. The van der Waals surface area contributed by atoms with Gasteiger partial charge in [-0.2, -0.15) is 0 Å². The largest absolute Gasteiger partial charge is 0.305 e. The van der Waals surface area contributed by atoms with Gasteiger partial charge < -0.3 is 4.57 Å². The Morgan fingerprint density at radius 1 is 1.12 bits per heavy atom. The van der Waals surface area contributed by atoms with E-state index in [-0.39, 0.29) is 16.9 Å². The highest BCUT2D eigenvalue weighted by Crippen LogP contribution is 2.28. The molecule has 1 aromatic heterocycles. The van der Waals surface area contributed by atoms with Gasteiger partial charge in [-0.3, -0.25) is 4.79 Å². The lowest BCUT2D eigenvalue weighted by Crippen LogP contribution is -2.16. The Morgan fingerprint density at radius 2 is 1.81 bits per heavy atom. The number of carbonyl (C=O) groups excluding carboxylic acids is 1. The van der Waals surface area contributed by atoms with Crippen LogP contribution in [0, 0.1) is 19.7 Å². The highest BCUT2D eigenvalue weighted by molar-refractivity contribution is 8.00. The van der Waals surface area contributed by atoms with E-state index in [9.17, 15) is 9.18 Å². The van der Waals surface area contributed by atoms with Crippen LogP contribution in [0.1, 0.15) is 28.4 Å². The fourth-order valence-electron chi connectivity index (χ4n) is 2.70. The maximum Gasteiger partial charge on any atom is 0.191 e. The van der Waals surface area contributed by atoms with Crippen molar-refractivity contribution in [3.8, 4) is 11.4 Å². The lowest BCUT2D eigenvalue weighted by Gasteiger charge is -2.12. The van der Waals surface area contributed by atoms with Crippen LogP contribution in [-0.4, -0.2) is 25.8 Å². The molecular formula is C20H20FN3OS. The van der Waals surface area contributed by atoms with Crippen molar-refractivity contribution in [2.24, 2.45) is 7.05 Å². The Hall–Kier alpha value is -2.47. The maximum atomic E-state index is 13.1. The summed E-state index contributed by atoms with van der Waals surface area (Å²) < 4.78 is 14.9. The van der Waals surface area contributed by atoms with Crippen molar-refractivity contribution in [3.05, 3.63) is 65.0 Å². The van der Waals surface area contributed by atoms with Crippen molar-refractivity contribution in [1.29, 1.82) is 0 Å². The summed E-state index contributed by atoms with van der Waals surface area (Å²) in [5.41, 5.74) is 3.55. The van der Waals surface area contributed by atoms with Crippen molar-refractivity contribution < 1.29 is 9.18 Å². The van der Waals surface area contributed by atoms with Gasteiger partial charge in [0.2, 0.25) is 0 Å². The second-order valence-corrected chi connectivity index (χ2v) is 7.62. The van der Waals surface area contributed by atoms with Crippen LogP contribution in [0.4, 0.5) is 4.39 Å². The van der Waals surface area contributed by atoms with Gasteiger partial charge in [-0.05, 0) is 56.7 Å². The van der Waals surface area contributed by atoms with Crippen LogP contribution in [0.15, 0.2) is 47.6 Å². The summed E-state index contributed by atoms with van der Waals surface area (Å²) in [6.07, 6.45) is 0. The van der Waals surface area contributed by atoms with Crippen LogP contribution < -0.4 is 0 Å². The Bertz CT molecular complexity index is 950. The van der Waals surface area contributed by atoms with E-state index in [1.165, 1.54) is 23.9 Å². The van der Waals surface area contributed by atoms with E-state index < -0.39 is 0 Å². The zero-order valence-electron chi connectivity index (χ0n) is 15.2. The van der Waals surface area contributed by atoms with Crippen molar-refractivity contribution in [3.63, 3.8) is 0 Å². The van der Waals surface area contributed by atoms with E-state index in [1.807, 2.05) is 50.6 Å². The number of aromatic nitrogens is 3. The van der Waals surface area contributed by atoms with Gasteiger partial charge in [0, 0.05) is 18.2 Å². The first kappa shape index (κ1) is 18.3. The summed E-state index contributed by atoms with van der Waals surface area (Å²) in [6.45, 7) is 5.80. The molecule has 0 unspecified atom stereocenters. The van der Waals surface area contributed by atoms with E-state index >= 15 is 0 Å². The van der Waals surface area contributed by atoms with E-state index in [1.54, 1.807) is 12.1 Å². The quantitative estimate of drug-likeness (QED) is 0.487. The molecule has 0 fully saturated rings. The summed E-state index contributed by atoms with van der Waals surface area (Å²) in [5.74, 6) is 0.416. The molecule has 0 radical (unpaired) electrons. The molecule has 3 aromatic rings. The van der Waals surface area contributed by atoms with E-state index in [2.05, 4.69) is 10.2 Å². The van der Waals surface area contributed by atoms with Crippen LogP contribution in [-0.2, 0) is 7.05 Å². The molecule has 134 valence electrons. The molecule has 1 atom stereocenters. The number of thioether (sulfide) groups is 1. The summed E-state index contributed by atoms with van der Waals surface area (Å²) in [4.78, 5) is 12.8. The minimum atomic E-state index is -0.293. The molecule has 6 heteroatoms. The summed E-state index contributed by atoms with van der Waals surface area (Å²) in [7, 11) is 1.84. The highest BCUT2D eigenvalue weighted by atomic mass is 32.2.